The van der Waals surface area contributed by atoms with Gasteiger partial charge in [0.1, 0.15) is 24.1 Å². The van der Waals surface area contributed by atoms with Gasteiger partial charge in [0.15, 0.2) is 12.5 Å². The van der Waals surface area contributed by atoms with Crippen LogP contribution in [0.5, 0.6) is 0 Å². The lowest BCUT2D eigenvalue weighted by molar-refractivity contribution is -0.176. The lowest BCUT2D eigenvalue weighted by Gasteiger charge is -2.26. The van der Waals surface area contributed by atoms with E-state index in [9.17, 15) is 33.6 Å². The number of hydrogen-bond donors (Lipinski definition) is 7. The molecule has 8 N–H and O–H groups in total. The lowest BCUT2D eigenvalue weighted by atomic mass is 10.1. The molecule has 0 bridgehead atoms. The molecule has 0 amide bonds. The molecule has 0 radical (unpaired) electrons. The minimum Gasteiger partial charge on any atom is -0.387 e. The largest absolute Gasteiger partial charge is 0.490 e. The second-order valence-corrected chi connectivity index (χ2v) is 10.2. The van der Waals surface area contributed by atoms with Gasteiger partial charge in [0, 0.05) is 13.3 Å². The standard InChI is InChI=1S/C10H18N3O15P3/c1-24-9(26-30(20,21)28-31(22,23)27-29(17,18)19)7-5(14)6(15)8(25-7)13-3-2-4(11)12-10(13)16/h2-3,5-9,14-15H,1H3,(H,20,21)(H,22,23)(H2,11,12,16)(H2,17,18,19)/t5-,6+,7-,8+,9?/m0/s1. The Morgan fingerprint density at radius 1 is 1.13 bits per heavy atom. The van der Waals surface area contributed by atoms with E-state index in [4.69, 9.17) is 29.9 Å². The molecule has 2 heterocycles. The summed E-state index contributed by atoms with van der Waals surface area (Å²) in [7, 11) is -16.2. The average Bonchev–Trinajstić information content (AvgIpc) is 2.85. The smallest absolute Gasteiger partial charge is 0.387 e. The molecule has 2 rings (SSSR count). The van der Waals surface area contributed by atoms with E-state index in [1.807, 2.05) is 0 Å². The SMILES string of the molecule is COC(OP(=O)(O)OP(=O)(O)OP(=O)(O)O)[C@H]1O[C@@H](n2ccc(N)nc2=O)[C@H](O)[C@@H]1O. The average molecular weight is 513 g/mol. The molecule has 31 heavy (non-hydrogen) atoms. The van der Waals surface area contributed by atoms with Crippen molar-refractivity contribution in [2.75, 3.05) is 12.8 Å². The number of ether oxygens (including phenoxy) is 2. The molecule has 1 aromatic rings. The molecule has 178 valence electrons. The molecule has 18 nitrogen and oxygen atoms in total. The zero-order valence-corrected chi connectivity index (χ0v) is 17.9. The molecular weight excluding hydrogens is 495 g/mol. The minimum absolute atomic E-state index is 0.145. The Kier molecular flexibility index (Phi) is 7.96. The monoisotopic (exact) mass is 513 g/mol. The Labute approximate surface area is 172 Å². The van der Waals surface area contributed by atoms with Crippen LogP contribution in [0.2, 0.25) is 0 Å². The zero-order chi connectivity index (χ0) is 23.8. The van der Waals surface area contributed by atoms with Crippen molar-refractivity contribution in [1.29, 1.82) is 0 Å². The predicted octanol–water partition coefficient (Wildman–Crippen LogP) is -2.24. The summed E-state index contributed by atoms with van der Waals surface area (Å²) >= 11 is 0. The van der Waals surface area contributed by atoms with Gasteiger partial charge in [0.25, 0.3) is 0 Å². The van der Waals surface area contributed by atoms with Crippen LogP contribution >= 0.6 is 23.5 Å². The summed E-state index contributed by atoms with van der Waals surface area (Å²) in [5, 5.41) is 20.4. The van der Waals surface area contributed by atoms with Crippen molar-refractivity contribution in [1.82, 2.24) is 9.55 Å². The number of methoxy groups -OCH3 is 1. The van der Waals surface area contributed by atoms with Crippen LogP contribution in [0.15, 0.2) is 17.1 Å². The molecule has 0 spiro atoms. The van der Waals surface area contributed by atoms with Crippen LogP contribution in [0, 0.1) is 0 Å². The maximum Gasteiger partial charge on any atom is 0.490 e. The highest BCUT2D eigenvalue weighted by Gasteiger charge is 2.51. The van der Waals surface area contributed by atoms with E-state index >= 15 is 0 Å². The number of aliphatic hydroxyl groups is 2. The fourth-order valence-corrected chi connectivity index (χ4v) is 5.56. The Hall–Kier alpha value is -1.07. The van der Waals surface area contributed by atoms with Crippen LogP contribution in [-0.4, -0.2) is 71.0 Å². The van der Waals surface area contributed by atoms with Gasteiger partial charge in [-0.25, -0.2) is 18.5 Å². The van der Waals surface area contributed by atoms with Gasteiger partial charge >= 0.3 is 29.2 Å². The lowest BCUT2D eigenvalue weighted by Crippen LogP contribution is -2.40. The second kappa shape index (κ2) is 9.43. The highest BCUT2D eigenvalue weighted by molar-refractivity contribution is 7.66. The first-order chi connectivity index (χ1) is 14.1. The molecule has 1 saturated heterocycles. The number of anilines is 1. The van der Waals surface area contributed by atoms with Crippen LogP contribution in [0.25, 0.3) is 0 Å². The first-order valence-corrected chi connectivity index (χ1v) is 12.3. The Bertz CT molecular complexity index is 995. The normalized spacial score (nSPS) is 29.3. The molecule has 7 atom stereocenters. The number of phosphoric acid groups is 3. The number of rotatable bonds is 9. The third-order valence-electron chi connectivity index (χ3n) is 3.55. The Morgan fingerprint density at radius 3 is 2.26 bits per heavy atom. The summed E-state index contributed by atoms with van der Waals surface area (Å²) in [6.45, 7) is 0. The van der Waals surface area contributed by atoms with E-state index < -0.39 is 60.0 Å². The van der Waals surface area contributed by atoms with E-state index in [1.165, 1.54) is 6.07 Å². The molecule has 21 heteroatoms. The second-order valence-electron chi connectivity index (χ2n) is 5.82. The number of phosphoric ester groups is 1. The number of nitrogens with zero attached hydrogens (tertiary/aromatic N) is 2. The maximum atomic E-state index is 12.0. The molecule has 0 saturated carbocycles. The van der Waals surface area contributed by atoms with E-state index in [-0.39, 0.29) is 5.82 Å². The first-order valence-electron chi connectivity index (χ1n) is 7.76. The minimum atomic E-state index is -5.81. The van der Waals surface area contributed by atoms with Crippen molar-refractivity contribution in [2.45, 2.75) is 30.8 Å². The summed E-state index contributed by atoms with van der Waals surface area (Å²) < 4.78 is 56.3. The van der Waals surface area contributed by atoms with Crippen LogP contribution < -0.4 is 11.4 Å². The van der Waals surface area contributed by atoms with Crippen molar-refractivity contribution in [3.8, 4) is 0 Å². The van der Waals surface area contributed by atoms with Crippen molar-refractivity contribution in [3.63, 3.8) is 0 Å². The molecule has 0 aliphatic carbocycles. The van der Waals surface area contributed by atoms with Gasteiger partial charge in [-0.15, -0.1) is 0 Å². The highest BCUT2D eigenvalue weighted by atomic mass is 31.3. The fraction of sp³-hybridized carbons (Fsp3) is 0.600. The molecule has 0 aromatic carbocycles. The van der Waals surface area contributed by atoms with Crippen molar-refractivity contribution < 1.29 is 66.1 Å². The predicted molar refractivity (Wildman–Crippen MR) is 94.6 cm³/mol. The van der Waals surface area contributed by atoms with Gasteiger partial charge in [-0.1, -0.05) is 0 Å². The molecule has 1 aliphatic heterocycles. The Morgan fingerprint density at radius 2 is 1.74 bits per heavy atom. The quantitative estimate of drug-likeness (QED) is 0.136. The third kappa shape index (κ3) is 6.95. The topological polar surface area (TPSA) is 280 Å². The van der Waals surface area contributed by atoms with Gasteiger partial charge in [-0.05, 0) is 6.07 Å². The first kappa shape index (κ1) is 26.2. The van der Waals surface area contributed by atoms with Crippen LogP contribution in [0.4, 0.5) is 5.82 Å². The number of nitrogen functional groups attached to an aromatic ring is 1. The Balaban J connectivity index is 2.20. The summed E-state index contributed by atoms with van der Waals surface area (Å²) in [6.07, 6.45) is -8.06. The molecule has 1 aromatic heterocycles. The van der Waals surface area contributed by atoms with Gasteiger partial charge in [0.05, 0.1) is 0 Å². The zero-order valence-electron chi connectivity index (χ0n) is 15.2. The fourth-order valence-electron chi connectivity index (χ4n) is 2.43. The van der Waals surface area contributed by atoms with Gasteiger partial charge in [-0.3, -0.25) is 9.09 Å². The summed E-state index contributed by atoms with van der Waals surface area (Å²) in [5.74, 6) is -0.145. The highest BCUT2D eigenvalue weighted by Crippen LogP contribution is 2.66. The number of aliphatic hydroxyl groups excluding tert-OH is 2. The maximum absolute atomic E-state index is 12.0. The third-order valence-corrected chi connectivity index (χ3v) is 7.36. The number of aromatic nitrogens is 2. The molecule has 1 fully saturated rings. The van der Waals surface area contributed by atoms with Gasteiger partial charge in [0.2, 0.25) is 0 Å². The van der Waals surface area contributed by atoms with Gasteiger partial charge < -0.3 is 45.0 Å². The van der Waals surface area contributed by atoms with Crippen molar-refractivity contribution in [2.24, 2.45) is 0 Å². The molecule has 3 unspecified atom stereocenters. The molecule has 1 aliphatic rings. The van der Waals surface area contributed by atoms with E-state index in [1.54, 1.807) is 0 Å². The number of hydrogen-bond acceptors (Lipinski definition) is 13. The van der Waals surface area contributed by atoms with Crippen molar-refractivity contribution >= 4 is 29.3 Å². The van der Waals surface area contributed by atoms with Crippen molar-refractivity contribution in [3.05, 3.63) is 22.7 Å². The summed E-state index contributed by atoms with van der Waals surface area (Å²) in [5.41, 5.74) is 4.38. The van der Waals surface area contributed by atoms with E-state index in [2.05, 4.69) is 18.1 Å². The molecular formula is C10H18N3O15P3. The van der Waals surface area contributed by atoms with Crippen LogP contribution in [-0.2, 0) is 36.3 Å². The van der Waals surface area contributed by atoms with Crippen LogP contribution in [0.3, 0.4) is 0 Å². The van der Waals surface area contributed by atoms with Gasteiger partial charge in [-0.2, -0.15) is 13.6 Å². The summed E-state index contributed by atoms with van der Waals surface area (Å²) in [6, 6.07) is 1.18. The van der Waals surface area contributed by atoms with E-state index in [0.29, 0.717) is 0 Å². The summed E-state index contributed by atoms with van der Waals surface area (Å²) in [4.78, 5) is 51.1. The van der Waals surface area contributed by atoms with Crippen LogP contribution in [0.1, 0.15) is 6.23 Å². The van der Waals surface area contributed by atoms with E-state index in [0.717, 1.165) is 17.9 Å². The number of nitrogens with two attached hydrogens (primary N) is 1.